The number of aliphatic hydroxyl groups is 2. The molecular weight excluding hydrogens is 393 g/mol. The summed E-state index contributed by atoms with van der Waals surface area (Å²) in [5.74, 6) is -0.00687. The van der Waals surface area contributed by atoms with Gasteiger partial charge in [-0.05, 0) is 31.9 Å². The predicted molar refractivity (Wildman–Crippen MR) is 104 cm³/mol. The first-order valence-electron chi connectivity index (χ1n) is 10.2. The molecule has 2 aliphatic rings. The van der Waals surface area contributed by atoms with Gasteiger partial charge in [-0.15, -0.1) is 0 Å². The van der Waals surface area contributed by atoms with Crippen LogP contribution in [-0.4, -0.2) is 68.2 Å². The Bertz CT molecular complexity index is 908. The fraction of sp³-hybridized carbons (Fsp3) is 0.571. The molecule has 2 fully saturated rings. The van der Waals surface area contributed by atoms with Crippen LogP contribution in [0.1, 0.15) is 38.5 Å². The Labute approximate surface area is 173 Å². The number of ether oxygens (including phenoxy) is 1. The summed E-state index contributed by atoms with van der Waals surface area (Å²) in [4.78, 5) is 18.6. The average molecular weight is 419 g/mol. The van der Waals surface area contributed by atoms with Crippen molar-refractivity contribution in [2.24, 2.45) is 0 Å². The smallest absolute Gasteiger partial charge is 0.227 e. The molecule has 1 amide bonds. The van der Waals surface area contributed by atoms with E-state index in [2.05, 4.69) is 10.1 Å². The number of nitrogens with zero attached hydrogens (tertiary/aromatic N) is 3. The first-order valence-corrected chi connectivity index (χ1v) is 10.2. The Morgan fingerprint density at radius 1 is 1.33 bits per heavy atom. The van der Waals surface area contributed by atoms with Crippen molar-refractivity contribution >= 4 is 5.91 Å². The van der Waals surface area contributed by atoms with Crippen molar-refractivity contribution in [1.82, 2.24) is 15.0 Å². The van der Waals surface area contributed by atoms with Crippen LogP contribution < -0.4 is 0 Å². The molecule has 2 aliphatic heterocycles. The van der Waals surface area contributed by atoms with E-state index in [1.54, 1.807) is 30.0 Å². The molecule has 1 aromatic carbocycles. The summed E-state index contributed by atoms with van der Waals surface area (Å²) in [6.07, 6.45) is 1.16. The molecule has 1 aromatic heterocycles. The molecule has 0 aliphatic carbocycles. The summed E-state index contributed by atoms with van der Waals surface area (Å²) >= 11 is 0. The van der Waals surface area contributed by atoms with E-state index in [0.717, 1.165) is 0 Å². The van der Waals surface area contributed by atoms with Gasteiger partial charge in [0.15, 0.2) is 0 Å². The minimum absolute atomic E-state index is 0.0295. The number of aryl methyl sites for hydroxylation is 1. The van der Waals surface area contributed by atoms with Crippen molar-refractivity contribution in [3.63, 3.8) is 0 Å². The molecule has 0 bridgehead atoms. The number of rotatable bonds is 4. The van der Waals surface area contributed by atoms with Gasteiger partial charge < -0.3 is 24.4 Å². The first-order chi connectivity index (χ1) is 14.3. The first kappa shape index (κ1) is 20.9. The van der Waals surface area contributed by atoms with Crippen molar-refractivity contribution in [3.8, 4) is 11.4 Å². The molecule has 3 heterocycles. The lowest BCUT2D eigenvalue weighted by molar-refractivity contribution is -0.222. The predicted octanol–water partition coefficient (Wildman–Crippen LogP) is 1.70. The van der Waals surface area contributed by atoms with Gasteiger partial charge in [0.05, 0.1) is 23.4 Å². The number of benzene rings is 1. The van der Waals surface area contributed by atoms with E-state index in [-0.39, 0.29) is 42.6 Å². The highest BCUT2D eigenvalue weighted by Gasteiger charge is 2.48. The minimum Gasteiger partial charge on any atom is -0.388 e. The largest absolute Gasteiger partial charge is 0.388 e. The number of aliphatic hydroxyl groups excluding tert-OH is 1. The van der Waals surface area contributed by atoms with Crippen molar-refractivity contribution < 1.29 is 28.7 Å². The minimum atomic E-state index is -1.18. The van der Waals surface area contributed by atoms with Gasteiger partial charge in [-0.1, -0.05) is 17.3 Å². The summed E-state index contributed by atoms with van der Waals surface area (Å²) in [6.45, 7) is 2.77. The van der Waals surface area contributed by atoms with E-state index in [9.17, 15) is 19.4 Å². The van der Waals surface area contributed by atoms with Crippen LogP contribution in [0.5, 0.6) is 0 Å². The van der Waals surface area contributed by atoms with Crippen molar-refractivity contribution in [2.75, 3.05) is 19.7 Å². The highest BCUT2D eigenvalue weighted by molar-refractivity contribution is 5.76. The van der Waals surface area contributed by atoms with Crippen molar-refractivity contribution in [1.29, 1.82) is 0 Å². The summed E-state index contributed by atoms with van der Waals surface area (Å²) in [5, 5.41) is 24.1. The lowest BCUT2D eigenvalue weighted by Crippen LogP contribution is -2.59. The highest BCUT2D eigenvalue weighted by atomic mass is 19.1. The van der Waals surface area contributed by atoms with Crippen molar-refractivity contribution in [3.05, 3.63) is 36.0 Å². The molecule has 4 rings (SSSR count). The van der Waals surface area contributed by atoms with E-state index in [1.807, 2.05) is 0 Å². The lowest BCUT2D eigenvalue weighted by Gasteiger charge is -2.49. The van der Waals surface area contributed by atoms with Crippen LogP contribution in [0, 0.1) is 5.82 Å². The maximum absolute atomic E-state index is 13.8. The number of amides is 1. The zero-order chi connectivity index (χ0) is 21.4. The molecule has 9 heteroatoms. The van der Waals surface area contributed by atoms with Gasteiger partial charge in [-0.25, -0.2) is 4.39 Å². The quantitative estimate of drug-likeness (QED) is 0.776. The summed E-state index contributed by atoms with van der Waals surface area (Å²) in [6, 6.07) is 6.18. The van der Waals surface area contributed by atoms with E-state index in [0.29, 0.717) is 32.4 Å². The topological polar surface area (TPSA) is 109 Å². The van der Waals surface area contributed by atoms with E-state index in [1.165, 1.54) is 6.07 Å². The molecule has 2 N–H and O–H groups in total. The third-order valence-electron chi connectivity index (χ3n) is 6.11. The van der Waals surface area contributed by atoms with Crippen LogP contribution in [0.15, 0.2) is 28.8 Å². The van der Waals surface area contributed by atoms with Crippen LogP contribution in [0.25, 0.3) is 11.4 Å². The second-order valence-corrected chi connectivity index (χ2v) is 8.42. The van der Waals surface area contributed by atoms with Gasteiger partial charge in [-0.3, -0.25) is 4.79 Å². The zero-order valence-corrected chi connectivity index (χ0v) is 16.9. The molecule has 0 radical (unpaired) electrons. The number of hydrogen-bond acceptors (Lipinski definition) is 7. The average Bonchev–Trinajstić information content (AvgIpc) is 3.19. The van der Waals surface area contributed by atoms with E-state index in [4.69, 9.17) is 9.26 Å². The molecule has 162 valence electrons. The summed E-state index contributed by atoms with van der Waals surface area (Å²) in [7, 11) is 0. The molecule has 2 aromatic rings. The Kier molecular flexibility index (Phi) is 5.61. The van der Waals surface area contributed by atoms with Gasteiger partial charge >= 0.3 is 0 Å². The van der Waals surface area contributed by atoms with Gasteiger partial charge in [-0.2, -0.15) is 4.98 Å². The van der Waals surface area contributed by atoms with Crippen LogP contribution >= 0.6 is 0 Å². The molecule has 1 spiro atoms. The molecule has 2 atom stereocenters. The highest BCUT2D eigenvalue weighted by Crippen LogP contribution is 2.39. The molecule has 30 heavy (non-hydrogen) atoms. The van der Waals surface area contributed by atoms with Gasteiger partial charge in [0.2, 0.25) is 17.6 Å². The SMILES string of the molecule is C[C@]1(O)CC2(CCN(C(=O)CCc3nc(-c4ccccc4F)no3)CC2)OC[C@@H]1O. The van der Waals surface area contributed by atoms with Gasteiger partial charge in [0.1, 0.15) is 11.9 Å². The summed E-state index contributed by atoms with van der Waals surface area (Å²) < 4.78 is 24.9. The Hall–Kier alpha value is -2.36. The van der Waals surface area contributed by atoms with Crippen LogP contribution in [0.4, 0.5) is 4.39 Å². The fourth-order valence-electron chi connectivity index (χ4n) is 4.22. The molecule has 0 unspecified atom stereocenters. The fourth-order valence-corrected chi connectivity index (χ4v) is 4.22. The standard InChI is InChI=1S/C21H26FN3O5/c1-20(28)13-21(29-12-16(20)26)8-10-25(11-9-21)18(27)7-6-17-23-19(24-30-17)14-4-2-3-5-15(14)22/h2-5,16,26,28H,6-13H2,1H3/t16-,20-/m0/s1. The molecule has 0 saturated carbocycles. The number of aromatic nitrogens is 2. The number of halogens is 1. The monoisotopic (exact) mass is 419 g/mol. The third-order valence-corrected chi connectivity index (χ3v) is 6.11. The molecule has 8 nitrogen and oxygen atoms in total. The second-order valence-electron chi connectivity index (χ2n) is 8.42. The molecular formula is C21H26FN3O5. The Balaban J connectivity index is 1.29. The lowest BCUT2D eigenvalue weighted by atomic mass is 9.76. The third kappa shape index (κ3) is 4.23. The summed E-state index contributed by atoms with van der Waals surface area (Å²) in [5.41, 5.74) is -1.42. The number of likely N-dealkylation sites (tertiary alicyclic amines) is 1. The van der Waals surface area contributed by atoms with E-state index >= 15 is 0 Å². The van der Waals surface area contributed by atoms with Crippen LogP contribution in [0.2, 0.25) is 0 Å². The Morgan fingerprint density at radius 3 is 2.77 bits per heavy atom. The Morgan fingerprint density at radius 2 is 2.07 bits per heavy atom. The number of carbonyl (C=O) groups excluding carboxylic acids is 1. The number of piperidine rings is 1. The number of hydrogen-bond donors (Lipinski definition) is 2. The maximum Gasteiger partial charge on any atom is 0.227 e. The normalized spacial score (nSPS) is 26.1. The maximum atomic E-state index is 13.8. The van der Waals surface area contributed by atoms with Gasteiger partial charge in [0.25, 0.3) is 0 Å². The van der Waals surface area contributed by atoms with Crippen molar-refractivity contribution in [2.45, 2.75) is 56.3 Å². The number of carbonyl (C=O) groups is 1. The zero-order valence-electron chi connectivity index (χ0n) is 16.9. The van der Waals surface area contributed by atoms with Crippen LogP contribution in [0.3, 0.4) is 0 Å². The molecule has 2 saturated heterocycles. The van der Waals surface area contributed by atoms with Gasteiger partial charge in [0, 0.05) is 32.4 Å². The second kappa shape index (κ2) is 8.05. The van der Waals surface area contributed by atoms with E-state index < -0.39 is 23.1 Å². The van der Waals surface area contributed by atoms with Crippen LogP contribution in [-0.2, 0) is 16.0 Å².